The molecule has 1 aliphatic heterocycles. The zero-order valence-corrected chi connectivity index (χ0v) is 19.2. The van der Waals surface area contributed by atoms with E-state index in [-0.39, 0.29) is 17.8 Å². The van der Waals surface area contributed by atoms with E-state index in [4.69, 9.17) is 22.1 Å². The maximum Gasteiger partial charge on any atom is 0.248 e. The van der Waals surface area contributed by atoms with Crippen LogP contribution in [0.1, 0.15) is 66.8 Å². The summed E-state index contributed by atoms with van der Waals surface area (Å²) in [5, 5.41) is 0.335. The topological polar surface area (TPSA) is 55.6 Å². The predicted octanol–water partition coefficient (Wildman–Crippen LogP) is 5.79. The molecule has 2 aromatic rings. The summed E-state index contributed by atoms with van der Waals surface area (Å²) in [4.78, 5) is 14.3. The fourth-order valence-corrected chi connectivity index (χ4v) is 5.42. The number of piperidine rings is 1. The first kappa shape index (κ1) is 23.1. The number of primary amides is 1. The summed E-state index contributed by atoms with van der Waals surface area (Å²) in [7, 11) is 0. The van der Waals surface area contributed by atoms with Crippen molar-refractivity contribution in [3.05, 3.63) is 64.4 Å². The molecule has 6 heteroatoms. The summed E-state index contributed by atoms with van der Waals surface area (Å²) in [5.74, 6) is 1.10. The highest BCUT2D eigenvalue weighted by Crippen LogP contribution is 2.38. The zero-order valence-electron chi connectivity index (χ0n) is 18.4. The molecule has 0 radical (unpaired) electrons. The first-order valence-corrected chi connectivity index (χ1v) is 12.1. The lowest BCUT2D eigenvalue weighted by Crippen LogP contribution is -2.39. The number of carbonyl (C=O) groups is 1. The van der Waals surface area contributed by atoms with Crippen molar-refractivity contribution >= 4 is 17.5 Å². The minimum absolute atomic E-state index is 0.134. The Kier molecular flexibility index (Phi) is 7.69. The van der Waals surface area contributed by atoms with Crippen LogP contribution in [-0.2, 0) is 0 Å². The summed E-state index contributed by atoms with van der Waals surface area (Å²) < 4.78 is 19.2. The van der Waals surface area contributed by atoms with Gasteiger partial charge >= 0.3 is 0 Å². The summed E-state index contributed by atoms with van der Waals surface area (Å²) in [6.45, 7) is 3.16. The molecule has 2 N–H and O–H groups in total. The van der Waals surface area contributed by atoms with E-state index < -0.39 is 0 Å². The molecule has 0 aromatic heterocycles. The second-order valence-corrected chi connectivity index (χ2v) is 9.60. The number of nitrogens with two attached hydrogens (primary N) is 1. The maximum absolute atomic E-state index is 13.2. The molecule has 0 spiro atoms. The number of likely N-dealkylation sites (tertiary alicyclic amines) is 1. The predicted molar refractivity (Wildman–Crippen MR) is 126 cm³/mol. The molecular weight excluding hydrogens is 427 g/mol. The number of benzene rings is 2. The number of carbonyl (C=O) groups excluding carboxylic acids is 1. The van der Waals surface area contributed by atoms with E-state index in [0.29, 0.717) is 22.3 Å². The summed E-state index contributed by atoms with van der Waals surface area (Å²) in [6.07, 6.45) is 7.96. The molecule has 2 aliphatic rings. The van der Waals surface area contributed by atoms with Gasteiger partial charge < -0.3 is 15.4 Å². The largest absolute Gasteiger partial charge is 0.489 e. The van der Waals surface area contributed by atoms with E-state index in [2.05, 4.69) is 11.0 Å². The van der Waals surface area contributed by atoms with Crippen LogP contribution in [0, 0.1) is 11.7 Å². The van der Waals surface area contributed by atoms with E-state index in [1.54, 1.807) is 6.07 Å². The van der Waals surface area contributed by atoms with Gasteiger partial charge in [-0.3, -0.25) is 4.79 Å². The van der Waals surface area contributed by atoms with Crippen LogP contribution in [-0.4, -0.2) is 36.5 Å². The Morgan fingerprint density at radius 3 is 2.47 bits per heavy atom. The highest BCUT2D eigenvalue weighted by Gasteiger charge is 2.26. The molecular formula is C26H32ClFN2O2. The number of halogens is 2. The third kappa shape index (κ3) is 5.81. The van der Waals surface area contributed by atoms with Crippen LogP contribution >= 0.6 is 11.6 Å². The van der Waals surface area contributed by atoms with Gasteiger partial charge in [0, 0.05) is 18.7 Å². The molecule has 32 heavy (non-hydrogen) atoms. The lowest BCUT2D eigenvalue weighted by molar-refractivity contribution is 0.0952. The van der Waals surface area contributed by atoms with Crippen molar-refractivity contribution in [2.45, 2.75) is 57.0 Å². The fourth-order valence-electron chi connectivity index (χ4n) is 5.21. The first-order chi connectivity index (χ1) is 15.5. The molecule has 1 saturated heterocycles. The van der Waals surface area contributed by atoms with E-state index in [1.165, 1.54) is 31.4 Å². The maximum atomic E-state index is 13.2. The van der Waals surface area contributed by atoms with Gasteiger partial charge in [-0.2, -0.15) is 0 Å². The van der Waals surface area contributed by atoms with Gasteiger partial charge in [-0.1, -0.05) is 29.8 Å². The van der Waals surface area contributed by atoms with Gasteiger partial charge in [-0.05, 0) is 93.2 Å². The Balaban J connectivity index is 1.18. The summed E-state index contributed by atoms with van der Waals surface area (Å²) in [5.41, 5.74) is 7.38. The fraction of sp³-hybridized carbons (Fsp3) is 0.500. The number of hydrogen-bond acceptors (Lipinski definition) is 3. The molecule has 1 amide bonds. The zero-order chi connectivity index (χ0) is 22.5. The normalized spacial score (nSPS) is 22.6. The average molecular weight is 459 g/mol. The Labute approximate surface area is 194 Å². The highest BCUT2D eigenvalue weighted by molar-refractivity contribution is 6.32. The van der Waals surface area contributed by atoms with Crippen molar-refractivity contribution in [2.75, 3.05) is 19.6 Å². The third-order valence-corrected chi connectivity index (χ3v) is 7.38. The highest BCUT2D eigenvalue weighted by atomic mass is 35.5. The lowest BCUT2D eigenvalue weighted by Gasteiger charge is -2.34. The first-order valence-electron chi connectivity index (χ1n) is 11.7. The molecule has 0 bridgehead atoms. The van der Waals surface area contributed by atoms with Crippen LogP contribution in [0.25, 0.3) is 0 Å². The van der Waals surface area contributed by atoms with E-state index in [9.17, 15) is 9.18 Å². The molecule has 0 atom stereocenters. The van der Waals surface area contributed by atoms with Crippen LogP contribution in [0.5, 0.6) is 5.75 Å². The van der Waals surface area contributed by atoms with Crippen molar-refractivity contribution in [1.82, 2.24) is 4.90 Å². The van der Waals surface area contributed by atoms with Gasteiger partial charge in [0.15, 0.2) is 0 Å². The second-order valence-electron chi connectivity index (χ2n) is 9.19. The van der Waals surface area contributed by atoms with Gasteiger partial charge in [0.2, 0.25) is 5.91 Å². The van der Waals surface area contributed by atoms with Gasteiger partial charge in [0.05, 0.1) is 5.02 Å². The summed E-state index contributed by atoms with van der Waals surface area (Å²) >= 11 is 6.09. The molecule has 0 unspecified atom stereocenters. The Morgan fingerprint density at radius 2 is 1.78 bits per heavy atom. The molecule has 1 saturated carbocycles. The van der Waals surface area contributed by atoms with Crippen molar-refractivity contribution in [3.8, 4) is 5.75 Å². The average Bonchev–Trinajstić information content (AvgIpc) is 2.81. The van der Waals surface area contributed by atoms with Gasteiger partial charge in [-0.25, -0.2) is 4.39 Å². The van der Waals surface area contributed by atoms with Crippen LogP contribution in [0.2, 0.25) is 5.02 Å². The number of rotatable bonds is 7. The van der Waals surface area contributed by atoms with Crippen LogP contribution in [0.4, 0.5) is 4.39 Å². The van der Waals surface area contributed by atoms with Gasteiger partial charge in [0.1, 0.15) is 17.7 Å². The van der Waals surface area contributed by atoms with Crippen molar-refractivity contribution in [2.24, 2.45) is 11.7 Å². The van der Waals surface area contributed by atoms with E-state index in [0.717, 1.165) is 56.8 Å². The lowest BCUT2D eigenvalue weighted by atomic mass is 9.76. The third-order valence-electron chi connectivity index (χ3n) is 7.09. The standard InChI is InChI=1S/C26H32ClFN2O2/c27-24-17-20(28)9-10-25(24)32-21-12-15-30(16-13-21)14-11-18-5-7-19(8-6-18)22-3-1-2-4-23(22)26(29)31/h1-4,9-10,17-19,21H,5-8,11-16H2,(H2,29,31). The molecule has 1 aliphatic carbocycles. The van der Waals surface area contributed by atoms with E-state index in [1.807, 2.05) is 18.2 Å². The number of ether oxygens (including phenoxy) is 1. The minimum atomic E-state index is -0.344. The smallest absolute Gasteiger partial charge is 0.248 e. The molecule has 2 aromatic carbocycles. The van der Waals surface area contributed by atoms with Gasteiger partial charge in [-0.15, -0.1) is 0 Å². The quantitative estimate of drug-likeness (QED) is 0.571. The van der Waals surface area contributed by atoms with Gasteiger partial charge in [0.25, 0.3) is 0 Å². The summed E-state index contributed by atoms with van der Waals surface area (Å²) in [6, 6.07) is 12.1. The van der Waals surface area contributed by atoms with Crippen molar-refractivity contribution in [1.29, 1.82) is 0 Å². The van der Waals surface area contributed by atoms with Crippen LogP contribution < -0.4 is 10.5 Å². The van der Waals surface area contributed by atoms with Crippen LogP contribution in [0.15, 0.2) is 42.5 Å². The van der Waals surface area contributed by atoms with Crippen LogP contribution in [0.3, 0.4) is 0 Å². The molecule has 172 valence electrons. The SMILES string of the molecule is NC(=O)c1ccccc1C1CCC(CCN2CCC(Oc3ccc(F)cc3Cl)CC2)CC1. The molecule has 4 nitrogen and oxygen atoms in total. The Morgan fingerprint density at radius 1 is 1.06 bits per heavy atom. The monoisotopic (exact) mass is 458 g/mol. The number of amides is 1. The van der Waals surface area contributed by atoms with E-state index >= 15 is 0 Å². The molecule has 4 rings (SSSR count). The Hall–Kier alpha value is -2.11. The number of nitrogens with zero attached hydrogens (tertiary/aromatic N) is 1. The minimum Gasteiger partial charge on any atom is -0.489 e. The Bertz CT molecular complexity index is 922. The van der Waals surface area contributed by atoms with Crippen molar-refractivity contribution < 1.29 is 13.9 Å². The molecule has 2 fully saturated rings. The van der Waals surface area contributed by atoms with Crippen molar-refractivity contribution in [3.63, 3.8) is 0 Å². The number of hydrogen-bond donors (Lipinski definition) is 1. The second kappa shape index (κ2) is 10.7. The molecule has 1 heterocycles.